The zero-order chi connectivity index (χ0) is 12.4. The predicted molar refractivity (Wildman–Crippen MR) is 67.1 cm³/mol. The van der Waals surface area contributed by atoms with E-state index >= 15 is 0 Å². The molecule has 17 heavy (non-hydrogen) atoms. The van der Waals surface area contributed by atoms with Crippen LogP contribution in [0.2, 0.25) is 0 Å². The molecule has 2 rings (SSSR count). The molecule has 0 spiro atoms. The fraction of sp³-hybridized carbons (Fsp3) is 0.538. The second kappa shape index (κ2) is 4.84. The van der Waals surface area contributed by atoms with Gasteiger partial charge in [-0.2, -0.15) is 0 Å². The van der Waals surface area contributed by atoms with Crippen LogP contribution in [-0.2, 0) is 0 Å². The number of rotatable bonds is 3. The second-order valence-electron chi connectivity index (χ2n) is 5.02. The van der Waals surface area contributed by atoms with Crippen molar-refractivity contribution in [1.82, 2.24) is 15.2 Å². The van der Waals surface area contributed by atoms with Gasteiger partial charge >= 0.3 is 0 Å². The van der Waals surface area contributed by atoms with E-state index in [4.69, 9.17) is 0 Å². The Hall–Kier alpha value is -1.42. The van der Waals surface area contributed by atoms with Crippen LogP contribution < -0.4 is 5.32 Å². The molecule has 0 atom stereocenters. The number of pyridine rings is 1. The molecule has 0 aromatic carbocycles. The molecule has 2 heterocycles. The Morgan fingerprint density at radius 3 is 2.82 bits per heavy atom. The number of nitrogens with one attached hydrogen (secondary N) is 1. The molecular weight excluding hydrogens is 214 g/mol. The summed E-state index contributed by atoms with van der Waals surface area (Å²) in [5.41, 5.74) is 1.67. The zero-order valence-electron chi connectivity index (χ0n) is 10.6. The van der Waals surface area contributed by atoms with Crippen molar-refractivity contribution in [2.24, 2.45) is 0 Å². The van der Waals surface area contributed by atoms with E-state index in [1.807, 2.05) is 19.2 Å². The van der Waals surface area contributed by atoms with E-state index in [1.54, 1.807) is 6.20 Å². The summed E-state index contributed by atoms with van der Waals surface area (Å²) >= 11 is 0. The summed E-state index contributed by atoms with van der Waals surface area (Å²) in [5.74, 6) is 0.352. The van der Waals surface area contributed by atoms with Crippen LogP contribution in [-0.4, -0.2) is 42.0 Å². The average molecular weight is 233 g/mol. The molecule has 4 nitrogen and oxygen atoms in total. The number of likely N-dealkylation sites (tertiary alicyclic amines) is 1. The minimum Gasteiger partial charge on any atom is -0.345 e. The maximum absolute atomic E-state index is 11.9. The van der Waals surface area contributed by atoms with E-state index in [-0.39, 0.29) is 11.9 Å². The van der Waals surface area contributed by atoms with E-state index in [2.05, 4.69) is 29.0 Å². The molecule has 1 aromatic rings. The third-order valence-corrected chi connectivity index (χ3v) is 3.08. The van der Waals surface area contributed by atoms with Gasteiger partial charge in [0.1, 0.15) is 5.69 Å². The summed E-state index contributed by atoms with van der Waals surface area (Å²) < 4.78 is 0. The summed E-state index contributed by atoms with van der Waals surface area (Å²) in [6.45, 7) is 6.07. The van der Waals surface area contributed by atoms with Crippen LogP contribution in [0.25, 0.3) is 0 Å². The van der Waals surface area contributed by atoms with Gasteiger partial charge in [0.25, 0.3) is 5.91 Å². The molecule has 0 radical (unpaired) electrons. The van der Waals surface area contributed by atoms with Crippen LogP contribution in [0.3, 0.4) is 0 Å². The molecular formula is C13H19N3O. The molecule has 0 bridgehead atoms. The first-order valence-electron chi connectivity index (χ1n) is 6.01. The number of likely N-dealkylation sites (N-methyl/N-ethyl adjacent to an activating group) is 1. The van der Waals surface area contributed by atoms with Crippen LogP contribution >= 0.6 is 0 Å². The van der Waals surface area contributed by atoms with Gasteiger partial charge < -0.3 is 10.2 Å². The van der Waals surface area contributed by atoms with E-state index in [0.717, 1.165) is 18.7 Å². The third kappa shape index (κ3) is 2.82. The van der Waals surface area contributed by atoms with Crippen molar-refractivity contribution in [2.45, 2.75) is 25.8 Å². The van der Waals surface area contributed by atoms with Gasteiger partial charge in [-0.15, -0.1) is 0 Å². The van der Waals surface area contributed by atoms with E-state index in [0.29, 0.717) is 11.6 Å². The van der Waals surface area contributed by atoms with E-state index < -0.39 is 0 Å². The van der Waals surface area contributed by atoms with Crippen LogP contribution in [0.1, 0.15) is 35.8 Å². The van der Waals surface area contributed by atoms with Crippen molar-refractivity contribution in [2.75, 3.05) is 20.1 Å². The third-order valence-electron chi connectivity index (χ3n) is 3.08. The maximum Gasteiger partial charge on any atom is 0.270 e. The lowest BCUT2D eigenvalue weighted by Crippen LogP contribution is -2.57. The number of carbonyl (C=O) groups is 1. The summed E-state index contributed by atoms with van der Waals surface area (Å²) in [6.07, 6.45) is 1.71. The molecule has 1 aromatic heterocycles. The van der Waals surface area contributed by atoms with Crippen LogP contribution in [0, 0.1) is 0 Å². The van der Waals surface area contributed by atoms with Crippen molar-refractivity contribution in [3.05, 3.63) is 29.6 Å². The first-order chi connectivity index (χ1) is 8.06. The quantitative estimate of drug-likeness (QED) is 0.854. The molecule has 1 aliphatic heterocycles. The highest BCUT2D eigenvalue weighted by Crippen LogP contribution is 2.14. The Bertz CT molecular complexity index is 411. The molecule has 92 valence electrons. The number of hydrogen-bond donors (Lipinski definition) is 1. The van der Waals surface area contributed by atoms with Gasteiger partial charge in [-0.25, -0.2) is 0 Å². The van der Waals surface area contributed by atoms with E-state index in [1.165, 1.54) is 0 Å². The van der Waals surface area contributed by atoms with Gasteiger partial charge in [0.05, 0.1) is 6.04 Å². The highest BCUT2D eigenvalue weighted by atomic mass is 16.2. The maximum atomic E-state index is 11.9. The normalized spacial score (nSPS) is 16.9. The monoisotopic (exact) mass is 233 g/mol. The Morgan fingerprint density at radius 2 is 2.24 bits per heavy atom. The van der Waals surface area contributed by atoms with Crippen molar-refractivity contribution in [1.29, 1.82) is 0 Å². The van der Waals surface area contributed by atoms with Crippen molar-refractivity contribution < 1.29 is 4.79 Å². The molecule has 1 amide bonds. The highest BCUT2D eigenvalue weighted by Gasteiger charge is 2.25. The minimum atomic E-state index is -0.0643. The van der Waals surface area contributed by atoms with Gasteiger partial charge in [0, 0.05) is 19.3 Å². The first kappa shape index (κ1) is 12.0. The van der Waals surface area contributed by atoms with Crippen molar-refractivity contribution in [3.63, 3.8) is 0 Å². The van der Waals surface area contributed by atoms with Gasteiger partial charge in [0.2, 0.25) is 0 Å². The van der Waals surface area contributed by atoms with Crippen LogP contribution in [0.4, 0.5) is 0 Å². The smallest absolute Gasteiger partial charge is 0.270 e. The molecule has 0 aliphatic carbocycles. The summed E-state index contributed by atoms with van der Waals surface area (Å²) in [4.78, 5) is 18.2. The number of carbonyl (C=O) groups excluding carboxylic acids is 1. The molecule has 1 aliphatic rings. The predicted octanol–water partition coefficient (Wildman–Crippen LogP) is 1.25. The summed E-state index contributed by atoms with van der Waals surface area (Å²) in [6, 6.07) is 4.11. The fourth-order valence-electron chi connectivity index (χ4n) is 1.98. The van der Waals surface area contributed by atoms with Crippen molar-refractivity contribution in [3.8, 4) is 0 Å². The lowest BCUT2D eigenvalue weighted by atomic mass is 10.0. The van der Waals surface area contributed by atoms with E-state index in [9.17, 15) is 4.79 Å². The Kier molecular flexibility index (Phi) is 3.43. The molecule has 1 fully saturated rings. The first-order valence-corrected chi connectivity index (χ1v) is 6.01. The fourth-order valence-corrected chi connectivity index (χ4v) is 1.98. The van der Waals surface area contributed by atoms with Gasteiger partial charge in [-0.1, -0.05) is 13.8 Å². The van der Waals surface area contributed by atoms with Gasteiger partial charge in [0.15, 0.2) is 0 Å². The Balaban J connectivity index is 2.01. The molecule has 4 heteroatoms. The van der Waals surface area contributed by atoms with Crippen LogP contribution in [0.5, 0.6) is 0 Å². The van der Waals surface area contributed by atoms with Gasteiger partial charge in [-0.3, -0.25) is 9.78 Å². The van der Waals surface area contributed by atoms with Crippen LogP contribution in [0.15, 0.2) is 18.3 Å². The molecule has 0 saturated carbocycles. The minimum absolute atomic E-state index is 0.0643. The molecule has 0 unspecified atom stereocenters. The Morgan fingerprint density at radius 1 is 1.53 bits per heavy atom. The SMILES string of the molecule is CC(C)c1ccnc(C(=O)NC2CN(C)C2)c1. The summed E-state index contributed by atoms with van der Waals surface area (Å²) in [7, 11) is 2.04. The molecule has 1 N–H and O–H groups in total. The second-order valence-corrected chi connectivity index (χ2v) is 5.02. The Labute approximate surface area is 102 Å². The van der Waals surface area contributed by atoms with Gasteiger partial charge in [-0.05, 0) is 30.7 Å². The summed E-state index contributed by atoms with van der Waals surface area (Å²) in [5, 5.41) is 2.99. The lowest BCUT2D eigenvalue weighted by Gasteiger charge is -2.36. The number of aromatic nitrogens is 1. The zero-order valence-corrected chi connectivity index (χ0v) is 10.6. The average Bonchev–Trinajstić information content (AvgIpc) is 2.27. The highest BCUT2D eigenvalue weighted by molar-refractivity contribution is 5.92. The lowest BCUT2D eigenvalue weighted by molar-refractivity contribution is 0.0852. The standard InChI is InChI=1S/C13H19N3O/c1-9(2)10-4-5-14-12(6-10)13(17)15-11-7-16(3)8-11/h4-6,9,11H,7-8H2,1-3H3,(H,15,17). The number of nitrogens with zero attached hydrogens (tertiary/aromatic N) is 2. The largest absolute Gasteiger partial charge is 0.345 e. The number of amides is 1. The number of hydrogen-bond acceptors (Lipinski definition) is 3. The topological polar surface area (TPSA) is 45.2 Å². The molecule has 1 saturated heterocycles. The van der Waals surface area contributed by atoms with Crippen molar-refractivity contribution >= 4 is 5.91 Å².